The third kappa shape index (κ3) is 2.08. The molecule has 2 rings (SSSR count). The SMILES string of the molecule is COc1ccc(Br)cc1-c1nc[nH]c1Br. The van der Waals surface area contributed by atoms with Crippen LogP contribution < -0.4 is 4.74 Å². The Bertz CT molecular complexity index is 482. The number of aromatic nitrogens is 2. The number of halogens is 2. The topological polar surface area (TPSA) is 37.9 Å². The normalized spacial score (nSPS) is 10.3. The fourth-order valence-corrected chi connectivity index (χ4v) is 2.11. The number of benzene rings is 1. The Kier molecular flexibility index (Phi) is 3.11. The number of ether oxygens (including phenoxy) is 1. The van der Waals surface area contributed by atoms with E-state index in [1.807, 2.05) is 18.2 Å². The van der Waals surface area contributed by atoms with Crippen LogP contribution in [0.1, 0.15) is 0 Å². The average Bonchev–Trinajstić information content (AvgIpc) is 2.64. The zero-order valence-corrected chi connectivity index (χ0v) is 11.1. The van der Waals surface area contributed by atoms with Gasteiger partial charge in [-0.3, -0.25) is 0 Å². The molecule has 0 atom stereocenters. The highest BCUT2D eigenvalue weighted by molar-refractivity contribution is 9.10. The first kappa shape index (κ1) is 10.7. The second kappa shape index (κ2) is 4.37. The number of rotatable bonds is 2. The van der Waals surface area contributed by atoms with E-state index in [1.165, 1.54) is 0 Å². The molecule has 0 radical (unpaired) electrons. The molecule has 0 aliphatic carbocycles. The van der Waals surface area contributed by atoms with Crippen molar-refractivity contribution < 1.29 is 4.74 Å². The molecule has 78 valence electrons. The lowest BCUT2D eigenvalue weighted by atomic mass is 10.1. The van der Waals surface area contributed by atoms with Crippen LogP contribution in [0.25, 0.3) is 11.3 Å². The molecule has 0 bridgehead atoms. The van der Waals surface area contributed by atoms with Crippen molar-refractivity contribution >= 4 is 31.9 Å². The summed E-state index contributed by atoms with van der Waals surface area (Å²) >= 11 is 6.83. The van der Waals surface area contributed by atoms with Crippen molar-refractivity contribution in [1.82, 2.24) is 9.97 Å². The maximum absolute atomic E-state index is 5.28. The van der Waals surface area contributed by atoms with Gasteiger partial charge in [-0.05, 0) is 34.1 Å². The number of H-pyrrole nitrogens is 1. The van der Waals surface area contributed by atoms with E-state index in [0.29, 0.717) is 0 Å². The van der Waals surface area contributed by atoms with Gasteiger partial charge in [-0.1, -0.05) is 15.9 Å². The van der Waals surface area contributed by atoms with Crippen molar-refractivity contribution in [2.75, 3.05) is 7.11 Å². The molecule has 0 unspecified atom stereocenters. The average molecular weight is 332 g/mol. The van der Waals surface area contributed by atoms with Gasteiger partial charge in [0.1, 0.15) is 16.0 Å². The summed E-state index contributed by atoms with van der Waals surface area (Å²) in [6.07, 6.45) is 1.64. The van der Waals surface area contributed by atoms with E-state index in [0.717, 1.165) is 26.1 Å². The summed E-state index contributed by atoms with van der Waals surface area (Å²) in [5.41, 5.74) is 1.79. The van der Waals surface area contributed by atoms with Crippen molar-refractivity contribution in [2.45, 2.75) is 0 Å². The van der Waals surface area contributed by atoms with Crippen molar-refractivity contribution in [2.24, 2.45) is 0 Å². The molecule has 0 amide bonds. The van der Waals surface area contributed by atoms with Gasteiger partial charge < -0.3 is 9.72 Å². The maximum atomic E-state index is 5.28. The van der Waals surface area contributed by atoms with Gasteiger partial charge in [-0.2, -0.15) is 0 Å². The minimum atomic E-state index is 0.797. The van der Waals surface area contributed by atoms with Crippen molar-refractivity contribution in [3.05, 3.63) is 33.6 Å². The number of hydrogen-bond acceptors (Lipinski definition) is 2. The Morgan fingerprint density at radius 2 is 2.13 bits per heavy atom. The summed E-state index contributed by atoms with van der Waals surface area (Å²) in [7, 11) is 1.65. The summed E-state index contributed by atoms with van der Waals surface area (Å²) in [5, 5.41) is 0. The Morgan fingerprint density at radius 3 is 2.73 bits per heavy atom. The van der Waals surface area contributed by atoms with Gasteiger partial charge in [-0.15, -0.1) is 0 Å². The molecule has 0 saturated heterocycles. The molecule has 1 aromatic heterocycles. The highest BCUT2D eigenvalue weighted by Gasteiger charge is 2.11. The molecular formula is C10H8Br2N2O. The lowest BCUT2D eigenvalue weighted by Crippen LogP contribution is -1.88. The molecule has 2 aromatic rings. The van der Waals surface area contributed by atoms with Gasteiger partial charge in [0, 0.05) is 10.0 Å². The van der Waals surface area contributed by atoms with Crippen molar-refractivity contribution in [3.63, 3.8) is 0 Å². The largest absolute Gasteiger partial charge is 0.496 e. The standard InChI is InChI=1S/C10H8Br2N2O/c1-15-8-3-2-6(11)4-7(8)9-10(12)14-5-13-9/h2-5H,1H3,(H,13,14). The minimum absolute atomic E-state index is 0.797. The van der Waals surface area contributed by atoms with Crippen LogP contribution in [0.5, 0.6) is 5.75 Å². The monoisotopic (exact) mass is 330 g/mol. The molecule has 1 aromatic carbocycles. The molecule has 0 saturated carbocycles. The predicted molar refractivity (Wildman–Crippen MR) is 66.0 cm³/mol. The van der Waals surface area contributed by atoms with Gasteiger partial charge in [0.15, 0.2) is 0 Å². The lowest BCUT2D eigenvalue weighted by molar-refractivity contribution is 0.416. The summed E-state index contributed by atoms with van der Waals surface area (Å²) in [6.45, 7) is 0. The fourth-order valence-electron chi connectivity index (χ4n) is 1.33. The number of nitrogens with one attached hydrogen (secondary N) is 1. The van der Waals surface area contributed by atoms with Crippen LogP contribution in [0.15, 0.2) is 33.6 Å². The van der Waals surface area contributed by atoms with E-state index >= 15 is 0 Å². The molecular weight excluding hydrogens is 324 g/mol. The summed E-state index contributed by atoms with van der Waals surface area (Å²) in [4.78, 5) is 7.21. The van der Waals surface area contributed by atoms with Gasteiger partial charge >= 0.3 is 0 Å². The number of nitrogens with zero attached hydrogens (tertiary/aromatic N) is 1. The van der Waals surface area contributed by atoms with Gasteiger partial charge in [-0.25, -0.2) is 4.98 Å². The third-order valence-electron chi connectivity index (χ3n) is 2.01. The molecule has 1 N–H and O–H groups in total. The van der Waals surface area contributed by atoms with E-state index in [9.17, 15) is 0 Å². The molecule has 0 fully saturated rings. The molecule has 0 aliphatic heterocycles. The predicted octanol–water partition coefficient (Wildman–Crippen LogP) is 3.61. The fraction of sp³-hybridized carbons (Fsp3) is 0.100. The second-order valence-corrected chi connectivity index (χ2v) is 4.62. The zero-order valence-electron chi connectivity index (χ0n) is 7.92. The Labute approximate surface area is 104 Å². The van der Waals surface area contributed by atoms with Crippen LogP contribution in [0.3, 0.4) is 0 Å². The van der Waals surface area contributed by atoms with Crippen molar-refractivity contribution in [3.8, 4) is 17.0 Å². The van der Waals surface area contributed by atoms with Crippen LogP contribution in [-0.2, 0) is 0 Å². The van der Waals surface area contributed by atoms with Crippen molar-refractivity contribution in [1.29, 1.82) is 0 Å². The molecule has 15 heavy (non-hydrogen) atoms. The minimum Gasteiger partial charge on any atom is -0.496 e. The summed E-state index contributed by atoms with van der Waals surface area (Å²) in [6, 6.07) is 5.81. The third-order valence-corrected chi connectivity index (χ3v) is 3.11. The lowest BCUT2D eigenvalue weighted by Gasteiger charge is -2.06. The highest BCUT2D eigenvalue weighted by Crippen LogP contribution is 2.34. The molecule has 0 spiro atoms. The van der Waals surface area contributed by atoms with Gasteiger partial charge in [0.2, 0.25) is 0 Å². The molecule has 0 aliphatic rings. The first-order chi connectivity index (χ1) is 7.22. The first-order valence-electron chi connectivity index (χ1n) is 4.25. The maximum Gasteiger partial charge on any atom is 0.128 e. The van der Waals surface area contributed by atoms with E-state index in [2.05, 4.69) is 41.8 Å². The molecule has 5 heteroatoms. The Hall–Kier alpha value is -0.810. The van der Waals surface area contributed by atoms with Crippen LogP contribution >= 0.6 is 31.9 Å². The summed E-state index contributed by atoms with van der Waals surface area (Å²) in [5.74, 6) is 0.797. The van der Waals surface area contributed by atoms with Crippen LogP contribution in [0.2, 0.25) is 0 Å². The number of imidazole rings is 1. The first-order valence-corrected chi connectivity index (χ1v) is 5.83. The molecule has 1 heterocycles. The van der Waals surface area contributed by atoms with Crippen LogP contribution in [0.4, 0.5) is 0 Å². The number of methoxy groups -OCH3 is 1. The number of aromatic amines is 1. The van der Waals surface area contributed by atoms with E-state index in [-0.39, 0.29) is 0 Å². The summed E-state index contributed by atoms with van der Waals surface area (Å²) < 4.78 is 7.12. The van der Waals surface area contributed by atoms with E-state index in [4.69, 9.17) is 4.74 Å². The van der Waals surface area contributed by atoms with Gasteiger partial charge in [0.05, 0.1) is 13.4 Å². The van der Waals surface area contributed by atoms with E-state index in [1.54, 1.807) is 13.4 Å². The highest BCUT2D eigenvalue weighted by atomic mass is 79.9. The smallest absolute Gasteiger partial charge is 0.128 e. The molecule has 3 nitrogen and oxygen atoms in total. The Morgan fingerprint density at radius 1 is 1.33 bits per heavy atom. The van der Waals surface area contributed by atoms with Crippen LogP contribution in [-0.4, -0.2) is 17.1 Å². The quantitative estimate of drug-likeness (QED) is 0.912. The van der Waals surface area contributed by atoms with Crippen LogP contribution in [0, 0.1) is 0 Å². The van der Waals surface area contributed by atoms with E-state index < -0.39 is 0 Å². The van der Waals surface area contributed by atoms with Gasteiger partial charge in [0.25, 0.3) is 0 Å². The zero-order chi connectivity index (χ0) is 10.8. The second-order valence-electron chi connectivity index (χ2n) is 2.91. The number of hydrogen-bond donors (Lipinski definition) is 1. The Balaban J connectivity index is 2.60.